The van der Waals surface area contributed by atoms with E-state index in [-0.39, 0.29) is 5.91 Å². The molecule has 2 heterocycles. The minimum Gasteiger partial charge on any atom is -0.459 e. The second-order valence-corrected chi connectivity index (χ2v) is 6.90. The predicted molar refractivity (Wildman–Crippen MR) is 115 cm³/mol. The maximum Gasteiger partial charge on any atom is 0.287 e. The summed E-state index contributed by atoms with van der Waals surface area (Å²) in [5.41, 5.74) is 3.75. The Bertz CT molecular complexity index is 988. The molecule has 1 aromatic carbocycles. The number of aryl methyl sites for hydroxylation is 2. The standard InChI is InChI=1S/C22H27N5O3/c1-15-5-7-17(8-6-15)21-27-18(14-30-21)13-26-22(23-3)25-11-4-10-24-20(28)19-16(2)9-12-29-19/h5-9,12,14H,4,10-11,13H2,1-3H3,(H,24,28)(H2,23,25,26). The van der Waals surface area contributed by atoms with Crippen LogP contribution in [-0.2, 0) is 6.54 Å². The van der Waals surface area contributed by atoms with Crippen molar-refractivity contribution >= 4 is 11.9 Å². The summed E-state index contributed by atoms with van der Waals surface area (Å²) in [6, 6.07) is 9.81. The normalized spacial score (nSPS) is 11.4. The summed E-state index contributed by atoms with van der Waals surface area (Å²) in [6.07, 6.45) is 3.90. The van der Waals surface area contributed by atoms with Crippen LogP contribution >= 0.6 is 0 Å². The molecule has 0 aliphatic heterocycles. The number of carbonyl (C=O) groups excluding carboxylic acids is 1. The topological polar surface area (TPSA) is 105 Å². The van der Waals surface area contributed by atoms with E-state index in [1.54, 1.807) is 19.4 Å². The molecule has 158 valence electrons. The summed E-state index contributed by atoms with van der Waals surface area (Å²) in [7, 11) is 1.71. The summed E-state index contributed by atoms with van der Waals surface area (Å²) in [5, 5.41) is 9.26. The first-order valence-electron chi connectivity index (χ1n) is 9.85. The van der Waals surface area contributed by atoms with Crippen LogP contribution in [0.25, 0.3) is 11.5 Å². The second-order valence-electron chi connectivity index (χ2n) is 6.90. The number of oxazole rings is 1. The fourth-order valence-corrected chi connectivity index (χ4v) is 2.79. The molecule has 3 N–H and O–H groups in total. The number of carbonyl (C=O) groups is 1. The maximum absolute atomic E-state index is 12.0. The Morgan fingerprint density at radius 3 is 2.50 bits per heavy atom. The molecule has 3 rings (SSSR count). The first kappa shape index (κ1) is 21.2. The summed E-state index contributed by atoms with van der Waals surface area (Å²) in [6.45, 7) is 5.57. The largest absolute Gasteiger partial charge is 0.459 e. The van der Waals surface area contributed by atoms with Crippen LogP contribution in [-0.4, -0.2) is 37.0 Å². The number of benzene rings is 1. The molecular formula is C22H27N5O3. The van der Waals surface area contributed by atoms with Gasteiger partial charge in [-0.15, -0.1) is 0 Å². The fraction of sp³-hybridized carbons (Fsp3) is 0.318. The van der Waals surface area contributed by atoms with E-state index in [1.165, 1.54) is 11.8 Å². The van der Waals surface area contributed by atoms with Crippen molar-refractivity contribution in [3.63, 3.8) is 0 Å². The quantitative estimate of drug-likeness (QED) is 0.300. The number of hydrogen-bond donors (Lipinski definition) is 3. The minimum atomic E-state index is -0.199. The Morgan fingerprint density at radius 2 is 1.80 bits per heavy atom. The number of aromatic nitrogens is 1. The molecule has 0 spiro atoms. The van der Waals surface area contributed by atoms with Crippen LogP contribution in [0, 0.1) is 13.8 Å². The highest BCUT2D eigenvalue weighted by Gasteiger charge is 2.11. The second kappa shape index (κ2) is 10.3. The maximum atomic E-state index is 12.0. The third kappa shape index (κ3) is 5.73. The van der Waals surface area contributed by atoms with Crippen LogP contribution in [0.5, 0.6) is 0 Å². The van der Waals surface area contributed by atoms with Gasteiger partial charge in [-0.1, -0.05) is 17.7 Å². The van der Waals surface area contributed by atoms with Crippen LogP contribution in [0.15, 0.2) is 56.7 Å². The van der Waals surface area contributed by atoms with Gasteiger partial charge in [-0.3, -0.25) is 9.79 Å². The van der Waals surface area contributed by atoms with Gasteiger partial charge in [0.1, 0.15) is 6.26 Å². The molecule has 0 saturated heterocycles. The Hall–Kier alpha value is -3.55. The number of nitrogens with zero attached hydrogens (tertiary/aromatic N) is 2. The van der Waals surface area contributed by atoms with Crippen molar-refractivity contribution in [1.29, 1.82) is 0 Å². The van der Waals surface area contributed by atoms with Crippen LogP contribution in [0.1, 0.15) is 33.8 Å². The molecule has 0 aliphatic rings. The van der Waals surface area contributed by atoms with Gasteiger partial charge in [0.2, 0.25) is 5.89 Å². The Balaban J connectivity index is 1.37. The van der Waals surface area contributed by atoms with Gasteiger partial charge in [-0.2, -0.15) is 0 Å². The predicted octanol–water partition coefficient (Wildman–Crippen LogP) is 3.04. The molecule has 30 heavy (non-hydrogen) atoms. The van der Waals surface area contributed by atoms with E-state index in [0.717, 1.165) is 23.2 Å². The minimum absolute atomic E-state index is 0.199. The van der Waals surface area contributed by atoms with Crippen molar-refractivity contribution in [3.8, 4) is 11.5 Å². The van der Waals surface area contributed by atoms with Crippen LogP contribution in [0.2, 0.25) is 0 Å². The van der Waals surface area contributed by atoms with Crippen molar-refractivity contribution in [2.75, 3.05) is 20.1 Å². The number of guanidine groups is 1. The van der Waals surface area contributed by atoms with E-state index in [9.17, 15) is 4.79 Å². The van der Waals surface area contributed by atoms with Crippen molar-refractivity contribution < 1.29 is 13.6 Å². The third-order valence-corrected chi connectivity index (χ3v) is 4.51. The van der Waals surface area contributed by atoms with Gasteiger partial charge < -0.3 is 24.8 Å². The Morgan fingerprint density at radius 1 is 1.03 bits per heavy atom. The lowest BCUT2D eigenvalue weighted by molar-refractivity contribution is 0.0925. The molecular weight excluding hydrogens is 382 g/mol. The van der Waals surface area contributed by atoms with E-state index in [0.29, 0.717) is 37.2 Å². The van der Waals surface area contributed by atoms with Crippen LogP contribution in [0.4, 0.5) is 0 Å². The van der Waals surface area contributed by atoms with E-state index in [2.05, 4.69) is 25.9 Å². The van der Waals surface area contributed by atoms with Crippen molar-refractivity contribution in [2.45, 2.75) is 26.8 Å². The molecule has 0 fully saturated rings. The van der Waals surface area contributed by atoms with Gasteiger partial charge in [0, 0.05) is 31.3 Å². The number of amides is 1. The summed E-state index contributed by atoms with van der Waals surface area (Å²) < 4.78 is 10.7. The van der Waals surface area contributed by atoms with E-state index < -0.39 is 0 Å². The molecule has 0 atom stereocenters. The zero-order chi connectivity index (χ0) is 21.3. The third-order valence-electron chi connectivity index (χ3n) is 4.51. The molecule has 8 heteroatoms. The van der Waals surface area contributed by atoms with E-state index in [1.807, 2.05) is 38.1 Å². The first-order valence-corrected chi connectivity index (χ1v) is 9.85. The average molecular weight is 409 g/mol. The average Bonchev–Trinajstić information content (AvgIpc) is 3.39. The van der Waals surface area contributed by atoms with Gasteiger partial charge in [-0.25, -0.2) is 4.98 Å². The molecule has 2 aromatic heterocycles. The molecule has 0 radical (unpaired) electrons. The lowest BCUT2D eigenvalue weighted by Gasteiger charge is -2.11. The Labute approximate surface area is 175 Å². The molecule has 0 aliphatic carbocycles. The SMILES string of the molecule is CN=C(NCCCNC(=O)c1occc1C)NCc1coc(-c2ccc(C)cc2)n1. The smallest absolute Gasteiger partial charge is 0.287 e. The molecule has 3 aromatic rings. The highest BCUT2D eigenvalue weighted by molar-refractivity contribution is 5.92. The number of aliphatic imine (C=N–C) groups is 1. The van der Waals surface area contributed by atoms with Gasteiger partial charge in [0.15, 0.2) is 11.7 Å². The lowest BCUT2D eigenvalue weighted by atomic mass is 10.1. The monoisotopic (exact) mass is 409 g/mol. The molecule has 0 saturated carbocycles. The molecule has 8 nitrogen and oxygen atoms in total. The first-order chi connectivity index (χ1) is 14.6. The highest BCUT2D eigenvalue weighted by Crippen LogP contribution is 2.18. The molecule has 0 unspecified atom stereocenters. The van der Waals surface area contributed by atoms with Gasteiger partial charge in [0.25, 0.3) is 5.91 Å². The number of rotatable bonds is 8. The lowest BCUT2D eigenvalue weighted by Crippen LogP contribution is -2.38. The molecule has 0 bridgehead atoms. The zero-order valence-corrected chi connectivity index (χ0v) is 17.5. The van der Waals surface area contributed by atoms with Crippen LogP contribution < -0.4 is 16.0 Å². The fourth-order valence-electron chi connectivity index (χ4n) is 2.79. The van der Waals surface area contributed by atoms with Crippen LogP contribution in [0.3, 0.4) is 0 Å². The van der Waals surface area contributed by atoms with Crippen molar-refractivity contribution in [1.82, 2.24) is 20.9 Å². The number of furan rings is 1. The molecule has 1 amide bonds. The number of nitrogens with one attached hydrogen (secondary N) is 3. The van der Waals surface area contributed by atoms with Gasteiger partial charge in [0.05, 0.1) is 18.5 Å². The van der Waals surface area contributed by atoms with E-state index >= 15 is 0 Å². The summed E-state index contributed by atoms with van der Waals surface area (Å²) in [4.78, 5) is 20.7. The van der Waals surface area contributed by atoms with Gasteiger partial charge >= 0.3 is 0 Å². The summed E-state index contributed by atoms with van der Waals surface area (Å²) in [5.74, 6) is 1.41. The van der Waals surface area contributed by atoms with Crippen molar-refractivity contribution in [3.05, 3.63) is 65.4 Å². The van der Waals surface area contributed by atoms with Crippen molar-refractivity contribution in [2.24, 2.45) is 4.99 Å². The van der Waals surface area contributed by atoms with Gasteiger partial charge in [-0.05, 0) is 38.5 Å². The van der Waals surface area contributed by atoms with E-state index in [4.69, 9.17) is 8.83 Å². The Kier molecular flexibility index (Phi) is 7.26. The zero-order valence-electron chi connectivity index (χ0n) is 17.5. The number of hydrogen-bond acceptors (Lipinski definition) is 5. The highest BCUT2D eigenvalue weighted by atomic mass is 16.3. The summed E-state index contributed by atoms with van der Waals surface area (Å²) >= 11 is 0.